The summed E-state index contributed by atoms with van der Waals surface area (Å²) in [5, 5.41) is 15.5. The number of carbonyl (C=O) groups is 3. The van der Waals surface area contributed by atoms with Crippen molar-refractivity contribution in [2.75, 3.05) is 6.61 Å². The number of nitrogens with one attached hydrogen (secondary N) is 2. The van der Waals surface area contributed by atoms with Crippen LogP contribution in [0, 0.1) is 0 Å². The van der Waals surface area contributed by atoms with Crippen molar-refractivity contribution in [2.45, 2.75) is 75.7 Å². The lowest BCUT2D eigenvalue weighted by Gasteiger charge is -2.37. The molecule has 3 aromatic carbocycles. The molecule has 0 bridgehead atoms. The zero-order chi connectivity index (χ0) is 29.5. The summed E-state index contributed by atoms with van der Waals surface area (Å²) in [5.41, 5.74) is 4.66. The molecule has 1 saturated carbocycles. The Bertz CT molecular complexity index is 1360. The smallest absolute Gasteiger partial charge is 0.407 e. The van der Waals surface area contributed by atoms with Gasteiger partial charge in [-0.05, 0) is 47.6 Å². The van der Waals surface area contributed by atoms with E-state index in [9.17, 15) is 19.5 Å². The second kappa shape index (κ2) is 13.2. The molecule has 42 heavy (non-hydrogen) atoms. The van der Waals surface area contributed by atoms with Crippen LogP contribution >= 0.6 is 0 Å². The molecule has 0 saturated heterocycles. The van der Waals surface area contributed by atoms with E-state index in [1.54, 1.807) is 6.92 Å². The number of carboxylic acid groups (broad SMARTS) is 1. The quantitative estimate of drug-likeness (QED) is 0.269. The zero-order valence-electron chi connectivity index (χ0n) is 23.9. The summed E-state index contributed by atoms with van der Waals surface area (Å²) in [7, 11) is 0. The number of carboxylic acids is 1. The lowest BCUT2D eigenvalue weighted by Crippen LogP contribution is -2.55. The van der Waals surface area contributed by atoms with E-state index in [1.165, 1.54) is 0 Å². The summed E-state index contributed by atoms with van der Waals surface area (Å²) in [6, 6.07) is 24.5. The number of rotatable bonds is 11. The lowest BCUT2D eigenvalue weighted by molar-refractivity contribution is -0.146. The van der Waals surface area contributed by atoms with Gasteiger partial charge in [-0.25, -0.2) is 9.59 Å². The van der Waals surface area contributed by atoms with Gasteiger partial charge in [0, 0.05) is 12.3 Å². The average molecular weight is 571 g/mol. The van der Waals surface area contributed by atoms with E-state index in [2.05, 4.69) is 34.9 Å². The maximum Gasteiger partial charge on any atom is 0.407 e. The molecule has 1 fully saturated rings. The molecule has 0 radical (unpaired) electrons. The van der Waals surface area contributed by atoms with Gasteiger partial charge in [0.1, 0.15) is 6.61 Å². The highest BCUT2D eigenvalue weighted by Gasteiger charge is 2.38. The highest BCUT2D eigenvalue weighted by atomic mass is 16.5. The molecule has 2 amide bonds. The molecule has 8 heteroatoms. The number of hydrogen-bond acceptors (Lipinski definition) is 5. The fraction of sp³-hybridized carbons (Fsp3) is 0.382. The molecule has 2 atom stereocenters. The Morgan fingerprint density at radius 1 is 0.881 bits per heavy atom. The third-order valence-electron chi connectivity index (χ3n) is 8.43. The Labute approximate surface area is 246 Å². The predicted molar refractivity (Wildman–Crippen MR) is 159 cm³/mol. The largest absolute Gasteiger partial charge is 0.480 e. The maximum absolute atomic E-state index is 13.2. The van der Waals surface area contributed by atoms with E-state index in [-0.39, 0.29) is 25.6 Å². The fourth-order valence-electron chi connectivity index (χ4n) is 6.24. The molecule has 0 spiro atoms. The van der Waals surface area contributed by atoms with Crippen LogP contribution in [0.4, 0.5) is 4.79 Å². The summed E-state index contributed by atoms with van der Waals surface area (Å²) >= 11 is 0. The first-order chi connectivity index (χ1) is 20.3. The Balaban J connectivity index is 1.20. The van der Waals surface area contributed by atoms with Crippen molar-refractivity contribution in [3.05, 3.63) is 95.6 Å². The third kappa shape index (κ3) is 6.82. The SMILES string of the molecule is CC(OCc1ccccc1)C(NC(=O)CC1(NC(=O)OCC2c3ccccc3-c3ccccc32)CCCCC1)C(=O)O. The Kier molecular flexibility index (Phi) is 9.22. The highest BCUT2D eigenvalue weighted by molar-refractivity contribution is 5.85. The molecular formula is C34H38N2O6. The van der Waals surface area contributed by atoms with Crippen LogP contribution in [0.1, 0.15) is 68.1 Å². The van der Waals surface area contributed by atoms with Crippen molar-refractivity contribution in [3.63, 3.8) is 0 Å². The fourth-order valence-corrected chi connectivity index (χ4v) is 6.24. The van der Waals surface area contributed by atoms with Crippen molar-refractivity contribution in [2.24, 2.45) is 0 Å². The van der Waals surface area contributed by atoms with Crippen LogP contribution in [0.15, 0.2) is 78.9 Å². The van der Waals surface area contributed by atoms with Crippen LogP contribution < -0.4 is 10.6 Å². The maximum atomic E-state index is 13.2. The molecule has 0 aliphatic heterocycles. The molecule has 0 aromatic heterocycles. The van der Waals surface area contributed by atoms with Crippen molar-refractivity contribution in [3.8, 4) is 11.1 Å². The van der Waals surface area contributed by atoms with Gasteiger partial charge in [0.05, 0.1) is 18.2 Å². The summed E-state index contributed by atoms with van der Waals surface area (Å²) in [6.07, 6.45) is 2.59. The van der Waals surface area contributed by atoms with E-state index in [0.29, 0.717) is 12.8 Å². The molecule has 3 N–H and O–H groups in total. The van der Waals surface area contributed by atoms with Gasteiger partial charge in [-0.15, -0.1) is 0 Å². The number of benzene rings is 3. The van der Waals surface area contributed by atoms with Crippen LogP contribution in [-0.2, 0) is 25.7 Å². The molecule has 2 unspecified atom stereocenters. The zero-order valence-corrected chi connectivity index (χ0v) is 23.9. The summed E-state index contributed by atoms with van der Waals surface area (Å²) in [4.78, 5) is 38.4. The van der Waals surface area contributed by atoms with E-state index in [0.717, 1.165) is 47.1 Å². The minimum absolute atomic E-state index is 0.0353. The van der Waals surface area contributed by atoms with Gasteiger partial charge in [-0.2, -0.15) is 0 Å². The molecule has 5 rings (SSSR count). The summed E-state index contributed by atoms with van der Waals surface area (Å²) in [6.45, 7) is 2.04. The molecular weight excluding hydrogens is 532 g/mol. The monoisotopic (exact) mass is 570 g/mol. The van der Waals surface area contributed by atoms with Gasteiger partial charge in [0.25, 0.3) is 0 Å². The number of ether oxygens (including phenoxy) is 2. The van der Waals surface area contributed by atoms with Gasteiger partial charge in [-0.3, -0.25) is 4.79 Å². The highest BCUT2D eigenvalue weighted by Crippen LogP contribution is 2.44. The normalized spacial score (nSPS) is 16.9. The number of hydrogen-bond donors (Lipinski definition) is 3. The van der Waals surface area contributed by atoms with Crippen LogP contribution in [0.5, 0.6) is 0 Å². The Morgan fingerprint density at radius 3 is 2.10 bits per heavy atom. The molecule has 8 nitrogen and oxygen atoms in total. The van der Waals surface area contributed by atoms with Crippen LogP contribution in [0.25, 0.3) is 11.1 Å². The van der Waals surface area contributed by atoms with Gasteiger partial charge < -0.3 is 25.2 Å². The molecule has 220 valence electrons. The molecule has 2 aliphatic rings. The topological polar surface area (TPSA) is 114 Å². The van der Waals surface area contributed by atoms with Crippen molar-refractivity contribution in [1.29, 1.82) is 0 Å². The van der Waals surface area contributed by atoms with Crippen LogP contribution in [0.3, 0.4) is 0 Å². The van der Waals surface area contributed by atoms with E-state index >= 15 is 0 Å². The van der Waals surface area contributed by atoms with Gasteiger partial charge >= 0.3 is 12.1 Å². The molecule has 0 heterocycles. The van der Waals surface area contributed by atoms with Crippen LogP contribution in [-0.4, -0.2) is 47.4 Å². The van der Waals surface area contributed by atoms with Crippen molar-refractivity contribution < 1.29 is 29.0 Å². The Hall–Kier alpha value is -4.17. The first kappa shape index (κ1) is 29.3. The molecule has 3 aromatic rings. The van der Waals surface area contributed by atoms with E-state index in [1.807, 2.05) is 54.6 Å². The van der Waals surface area contributed by atoms with Crippen molar-refractivity contribution >= 4 is 18.0 Å². The number of carbonyl (C=O) groups excluding carboxylic acids is 2. The number of aliphatic carboxylic acids is 1. The number of fused-ring (bicyclic) bond motifs is 3. The Morgan fingerprint density at radius 2 is 1.48 bits per heavy atom. The lowest BCUT2D eigenvalue weighted by atomic mass is 9.79. The van der Waals surface area contributed by atoms with E-state index in [4.69, 9.17) is 9.47 Å². The third-order valence-corrected chi connectivity index (χ3v) is 8.43. The van der Waals surface area contributed by atoms with Gasteiger partial charge in [-0.1, -0.05) is 98.1 Å². The average Bonchev–Trinajstić information content (AvgIpc) is 3.32. The second-order valence-corrected chi connectivity index (χ2v) is 11.4. The number of amides is 2. The first-order valence-corrected chi connectivity index (χ1v) is 14.7. The summed E-state index contributed by atoms with van der Waals surface area (Å²) in [5.74, 6) is -1.69. The van der Waals surface area contributed by atoms with Crippen LogP contribution in [0.2, 0.25) is 0 Å². The molecule has 2 aliphatic carbocycles. The minimum Gasteiger partial charge on any atom is -0.480 e. The van der Waals surface area contributed by atoms with Crippen molar-refractivity contribution in [1.82, 2.24) is 10.6 Å². The predicted octanol–water partition coefficient (Wildman–Crippen LogP) is 5.79. The van der Waals surface area contributed by atoms with Gasteiger partial charge in [0.15, 0.2) is 6.04 Å². The van der Waals surface area contributed by atoms with E-state index < -0.39 is 35.7 Å². The summed E-state index contributed by atoms with van der Waals surface area (Å²) < 4.78 is 11.6. The first-order valence-electron chi connectivity index (χ1n) is 14.7. The second-order valence-electron chi connectivity index (χ2n) is 11.4. The van der Waals surface area contributed by atoms with Gasteiger partial charge in [0.2, 0.25) is 5.91 Å². The number of alkyl carbamates (subject to hydrolysis) is 1. The standard InChI is InChI=1S/C34H38N2O6/c1-23(41-21-24-12-4-2-5-13-24)31(32(38)39)35-30(37)20-34(18-10-3-11-19-34)36-33(40)42-22-29-27-16-8-6-14-25(27)26-15-7-9-17-28(26)29/h2,4-9,12-17,23,29,31H,3,10-11,18-22H2,1H3,(H,35,37)(H,36,40)(H,38,39). The minimum atomic E-state index is -1.23.